The van der Waals surface area contributed by atoms with Crippen molar-refractivity contribution in [2.45, 2.75) is 47.0 Å². The van der Waals surface area contributed by atoms with E-state index < -0.39 is 0 Å². The zero-order valence-corrected chi connectivity index (χ0v) is 8.93. The Morgan fingerprint density at radius 1 is 1.42 bits per heavy atom. The summed E-state index contributed by atoms with van der Waals surface area (Å²) in [6, 6.07) is 0. The van der Waals surface area contributed by atoms with Crippen molar-refractivity contribution >= 4 is 0 Å². The first kappa shape index (κ1) is 8.59. The van der Waals surface area contributed by atoms with E-state index in [0.717, 1.165) is 29.1 Å². The lowest BCUT2D eigenvalue weighted by molar-refractivity contribution is 0.480. The molecule has 4 unspecified atom stereocenters. The van der Waals surface area contributed by atoms with Gasteiger partial charge in [0.2, 0.25) is 0 Å². The molecule has 0 N–H and O–H groups in total. The number of hydrogen-bond donors (Lipinski definition) is 0. The van der Waals surface area contributed by atoms with Gasteiger partial charge in [0.15, 0.2) is 0 Å². The highest BCUT2D eigenvalue weighted by atomic mass is 14.8. The fourth-order valence-corrected chi connectivity index (χ4v) is 3.94. The Hall–Kier alpha value is 0. The molecule has 0 heteroatoms. The minimum absolute atomic E-state index is 0.865. The fourth-order valence-electron chi connectivity index (χ4n) is 3.94. The molecule has 2 rings (SSSR count). The van der Waals surface area contributed by atoms with E-state index in [1.807, 2.05) is 0 Å². The van der Waals surface area contributed by atoms with Crippen LogP contribution in [0.4, 0.5) is 0 Å². The lowest BCUT2D eigenvalue weighted by atomic mass is 10.0. The van der Waals surface area contributed by atoms with Gasteiger partial charge in [-0.1, -0.05) is 40.5 Å². The van der Waals surface area contributed by atoms with Gasteiger partial charge in [0, 0.05) is 0 Å². The summed E-state index contributed by atoms with van der Waals surface area (Å²) in [4.78, 5) is 0. The van der Waals surface area contributed by atoms with Crippen LogP contribution in [0.15, 0.2) is 0 Å². The van der Waals surface area contributed by atoms with Gasteiger partial charge < -0.3 is 0 Å². The maximum absolute atomic E-state index is 2.47. The molecule has 2 aliphatic rings. The molecule has 4 atom stereocenters. The van der Waals surface area contributed by atoms with Crippen LogP contribution in [-0.2, 0) is 0 Å². The average molecular weight is 166 g/mol. The van der Waals surface area contributed by atoms with E-state index >= 15 is 0 Å². The predicted octanol–water partition coefficient (Wildman–Crippen LogP) is 3.71. The zero-order valence-electron chi connectivity index (χ0n) is 8.93. The molecule has 2 saturated carbocycles. The summed E-state index contributed by atoms with van der Waals surface area (Å²) >= 11 is 0. The van der Waals surface area contributed by atoms with Crippen molar-refractivity contribution in [1.29, 1.82) is 0 Å². The summed E-state index contributed by atoms with van der Waals surface area (Å²) < 4.78 is 0. The molecule has 0 aliphatic heterocycles. The Morgan fingerprint density at radius 3 is 2.50 bits per heavy atom. The third-order valence-corrected chi connectivity index (χ3v) is 4.45. The van der Waals surface area contributed by atoms with Gasteiger partial charge in [0.25, 0.3) is 0 Å². The zero-order chi connectivity index (χ0) is 8.93. The van der Waals surface area contributed by atoms with Crippen LogP contribution in [0.2, 0.25) is 0 Å². The summed E-state index contributed by atoms with van der Waals surface area (Å²) in [7, 11) is 0. The molecule has 0 bridgehead atoms. The highest BCUT2D eigenvalue weighted by Gasteiger charge is 2.75. The minimum Gasteiger partial charge on any atom is -0.0654 e. The van der Waals surface area contributed by atoms with E-state index in [-0.39, 0.29) is 0 Å². The van der Waals surface area contributed by atoms with Crippen LogP contribution >= 0.6 is 0 Å². The first-order valence-electron chi connectivity index (χ1n) is 5.64. The van der Waals surface area contributed by atoms with Crippen molar-refractivity contribution < 1.29 is 0 Å². The second kappa shape index (κ2) is 2.49. The van der Waals surface area contributed by atoms with Crippen LogP contribution in [0.5, 0.6) is 0 Å². The van der Waals surface area contributed by atoms with E-state index in [1.165, 1.54) is 12.8 Å². The second-order valence-corrected chi connectivity index (χ2v) is 5.36. The SMILES string of the molecule is CCCC1CC12C(C)C2C(C)C. The van der Waals surface area contributed by atoms with Crippen LogP contribution in [0.25, 0.3) is 0 Å². The molecule has 0 aromatic rings. The summed E-state index contributed by atoms with van der Waals surface area (Å²) in [5, 5.41) is 0. The third kappa shape index (κ3) is 0.900. The van der Waals surface area contributed by atoms with Gasteiger partial charge in [-0.3, -0.25) is 0 Å². The standard InChI is InChI=1S/C12H22/c1-5-6-10-7-12(10)9(4)11(12)8(2)3/h8-11H,5-7H2,1-4H3. The summed E-state index contributed by atoms with van der Waals surface area (Å²) in [6.45, 7) is 9.60. The number of rotatable bonds is 3. The molecular weight excluding hydrogens is 144 g/mol. The van der Waals surface area contributed by atoms with Crippen LogP contribution in [-0.4, -0.2) is 0 Å². The van der Waals surface area contributed by atoms with Crippen LogP contribution in [0.3, 0.4) is 0 Å². The van der Waals surface area contributed by atoms with E-state index in [0.29, 0.717) is 0 Å². The Balaban J connectivity index is 1.93. The molecule has 0 nitrogen and oxygen atoms in total. The van der Waals surface area contributed by atoms with Crippen molar-refractivity contribution in [3.63, 3.8) is 0 Å². The van der Waals surface area contributed by atoms with Gasteiger partial charge in [-0.2, -0.15) is 0 Å². The Kier molecular flexibility index (Phi) is 1.79. The molecule has 70 valence electrons. The highest BCUT2D eigenvalue weighted by Crippen LogP contribution is 2.80. The lowest BCUT2D eigenvalue weighted by Gasteiger charge is -2.01. The second-order valence-electron chi connectivity index (χ2n) is 5.36. The molecule has 1 spiro atoms. The highest BCUT2D eigenvalue weighted by molar-refractivity contribution is 5.22. The van der Waals surface area contributed by atoms with Crippen molar-refractivity contribution in [3.8, 4) is 0 Å². The fraction of sp³-hybridized carbons (Fsp3) is 1.00. The summed E-state index contributed by atoms with van der Waals surface area (Å²) in [5.41, 5.74) is 0.865. The van der Waals surface area contributed by atoms with Crippen molar-refractivity contribution in [1.82, 2.24) is 0 Å². The quantitative estimate of drug-likeness (QED) is 0.599. The van der Waals surface area contributed by atoms with Gasteiger partial charge in [-0.25, -0.2) is 0 Å². The van der Waals surface area contributed by atoms with Gasteiger partial charge >= 0.3 is 0 Å². The largest absolute Gasteiger partial charge is 0.0654 e. The molecule has 0 aromatic heterocycles. The van der Waals surface area contributed by atoms with Crippen LogP contribution in [0.1, 0.15) is 47.0 Å². The predicted molar refractivity (Wildman–Crippen MR) is 52.9 cm³/mol. The van der Waals surface area contributed by atoms with Gasteiger partial charge in [-0.05, 0) is 35.5 Å². The first-order chi connectivity index (χ1) is 5.64. The van der Waals surface area contributed by atoms with E-state index in [2.05, 4.69) is 27.7 Å². The number of hydrogen-bond acceptors (Lipinski definition) is 0. The van der Waals surface area contributed by atoms with Gasteiger partial charge in [0.1, 0.15) is 0 Å². The summed E-state index contributed by atoms with van der Waals surface area (Å²) in [5.74, 6) is 4.18. The molecular formula is C12H22. The smallest absolute Gasteiger partial charge is 0.0204 e. The van der Waals surface area contributed by atoms with Gasteiger partial charge in [-0.15, -0.1) is 0 Å². The monoisotopic (exact) mass is 166 g/mol. The van der Waals surface area contributed by atoms with Crippen molar-refractivity contribution in [3.05, 3.63) is 0 Å². The minimum atomic E-state index is 0.865. The normalized spacial score (nSPS) is 50.2. The molecule has 0 amide bonds. The van der Waals surface area contributed by atoms with Crippen LogP contribution in [0, 0.1) is 29.1 Å². The maximum atomic E-state index is 2.47. The Morgan fingerprint density at radius 2 is 2.08 bits per heavy atom. The van der Waals surface area contributed by atoms with E-state index in [4.69, 9.17) is 0 Å². The maximum Gasteiger partial charge on any atom is -0.0204 e. The molecule has 0 aromatic carbocycles. The van der Waals surface area contributed by atoms with E-state index in [1.54, 1.807) is 6.42 Å². The van der Waals surface area contributed by atoms with Crippen LogP contribution < -0.4 is 0 Å². The Labute approximate surface area is 76.7 Å². The molecule has 2 aliphatic carbocycles. The van der Waals surface area contributed by atoms with Gasteiger partial charge in [0.05, 0.1) is 0 Å². The average Bonchev–Trinajstić information content (AvgIpc) is 2.77. The molecule has 12 heavy (non-hydrogen) atoms. The molecule has 0 radical (unpaired) electrons. The topological polar surface area (TPSA) is 0 Å². The third-order valence-electron chi connectivity index (χ3n) is 4.45. The molecule has 2 fully saturated rings. The van der Waals surface area contributed by atoms with Crippen molar-refractivity contribution in [2.24, 2.45) is 29.1 Å². The first-order valence-corrected chi connectivity index (χ1v) is 5.64. The Bertz CT molecular complexity index is 182. The molecule has 0 heterocycles. The van der Waals surface area contributed by atoms with Crippen molar-refractivity contribution in [2.75, 3.05) is 0 Å². The molecule has 0 saturated heterocycles. The van der Waals surface area contributed by atoms with E-state index in [9.17, 15) is 0 Å². The summed E-state index contributed by atoms with van der Waals surface area (Å²) in [6.07, 6.45) is 4.45. The lowest BCUT2D eigenvalue weighted by Crippen LogP contribution is -1.94.